The van der Waals surface area contributed by atoms with Crippen molar-refractivity contribution in [2.75, 3.05) is 12.3 Å². The number of hydrogen-bond acceptors (Lipinski definition) is 4. The molecule has 6 nitrogen and oxygen atoms in total. The summed E-state index contributed by atoms with van der Waals surface area (Å²) in [6, 6.07) is 3.64. The maximum absolute atomic E-state index is 13.4. The van der Waals surface area contributed by atoms with Gasteiger partial charge in [0.1, 0.15) is 5.75 Å². The fourth-order valence-corrected chi connectivity index (χ4v) is 5.72. The Morgan fingerprint density at radius 3 is 1.50 bits per heavy atom. The SMILES string of the molecule is CC(C)(C)c1cc(CP(=O)(CCC(=O)O)CCC(=O)O)cc(C(C)(C)C)c1O. The van der Waals surface area contributed by atoms with E-state index in [2.05, 4.69) is 0 Å². The molecule has 0 saturated heterocycles. The highest BCUT2D eigenvalue weighted by molar-refractivity contribution is 7.63. The Bertz CT molecular complexity index is 726. The Morgan fingerprint density at radius 1 is 0.857 bits per heavy atom. The number of carboxylic acid groups (broad SMARTS) is 2. The van der Waals surface area contributed by atoms with Crippen molar-refractivity contribution in [1.82, 2.24) is 0 Å². The number of hydrogen-bond donors (Lipinski definition) is 3. The Morgan fingerprint density at radius 2 is 1.21 bits per heavy atom. The largest absolute Gasteiger partial charge is 0.507 e. The Labute approximate surface area is 167 Å². The van der Waals surface area contributed by atoms with E-state index in [0.29, 0.717) is 0 Å². The first kappa shape index (κ1) is 24.2. The number of aromatic hydroxyl groups is 1. The van der Waals surface area contributed by atoms with Gasteiger partial charge in [-0.15, -0.1) is 0 Å². The van der Waals surface area contributed by atoms with Crippen molar-refractivity contribution < 1.29 is 29.5 Å². The molecule has 0 aliphatic heterocycles. The van der Waals surface area contributed by atoms with E-state index in [-0.39, 0.29) is 47.9 Å². The minimum Gasteiger partial charge on any atom is -0.507 e. The van der Waals surface area contributed by atoms with E-state index in [9.17, 15) is 19.3 Å². The first-order chi connectivity index (χ1) is 12.5. The molecule has 28 heavy (non-hydrogen) atoms. The van der Waals surface area contributed by atoms with Crippen LogP contribution in [0.25, 0.3) is 0 Å². The summed E-state index contributed by atoms with van der Waals surface area (Å²) in [5, 5.41) is 28.8. The van der Waals surface area contributed by atoms with Gasteiger partial charge in [-0.3, -0.25) is 9.59 Å². The molecule has 0 aliphatic carbocycles. The minimum atomic E-state index is -3.05. The molecule has 0 heterocycles. The molecule has 0 aromatic heterocycles. The Kier molecular flexibility index (Phi) is 7.52. The van der Waals surface area contributed by atoms with Crippen LogP contribution in [0.4, 0.5) is 0 Å². The second kappa shape index (κ2) is 8.69. The van der Waals surface area contributed by atoms with Gasteiger partial charge >= 0.3 is 11.9 Å². The molecular formula is C21H33O6P. The number of aliphatic carboxylic acids is 2. The van der Waals surface area contributed by atoms with Gasteiger partial charge in [0.15, 0.2) is 0 Å². The lowest BCUT2D eigenvalue weighted by molar-refractivity contribution is -0.137. The highest BCUT2D eigenvalue weighted by atomic mass is 31.2. The summed E-state index contributed by atoms with van der Waals surface area (Å²) in [5.74, 6) is -1.88. The fraction of sp³-hybridized carbons (Fsp3) is 0.619. The monoisotopic (exact) mass is 412 g/mol. The Hall–Kier alpha value is -1.81. The van der Waals surface area contributed by atoms with Gasteiger partial charge in [0.2, 0.25) is 0 Å². The molecule has 0 atom stereocenters. The number of rotatable bonds is 8. The van der Waals surface area contributed by atoms with Crippen LogP contribution in [0.1, 0.15) is 71.1 Å². The maximum Gasteiger partial charge on any atom is 0.303 e. The van der Waals surface area contributed by atoms with Gasteiger partial charge in [0, 0.05) is 18.5 Å². The number of phenolic OH excluding ortho intramolecular Hbond substituents is 1. The summed E-state index contributed by atoms with van der Waals surface area (Å²) in [7, 11) is -3.05. The van der Waals surface area contributed by atoms with E-state index in [1.807, 2.05) is 53.7 Å². The normalized spacial score (nSPS) is 12.8. The van der Waals surface area contributed by atoms with E-state index < -0.39 is 19.1 Å². The fourth-order valence-electron chi connectivity index (χ4n) is 3.13. The summed E-state index contributed by atoms with van der Waals surface area (Å²) in [5.41, 5.74) is 1.53. The van der Waals surface area contributed by atoms with Crippen LogP contribution in [-0.2, 0) is 31.1 Å². The van der Waals surface area contributed by atoms with E-state index in [4.69, 9.17) is 10.2 Å². The maximum atomic E-state index is 13.4. The lowest BCUT2D eigenvalue weighted by Crippen LogP contribution is -2.18. The van der Waals surface area contributed by atoms with Crippen molar-refractivity contribution >= 4 is 19.1 Å². The summed E-state index contributed by atoms with van der Waals surface area (Å²) < 4.78 is 13.4. The van der Waals surface area contributed by atoms with Crippen molar-refractivity contribution in [1.29, 1.82) is 0 Å². The molecule has 0 bridgehead atoms. The molecule has 7 heteroatoms. The first-order valence-corrected chi connectivity index (χ1v) is 11.7. The average molecular weight is 412 g/mol. The zero-order valence-corrected chi connectivity index (χ0v) is 18.6. The number of carbonyl (C=O) groups is 2. The molecule has 0 spiro atoms. The highest BCUT2D eigenvalue weighted by Gasteiger charge is 2.30. The summed E-state index contributed by atoms with van der Waals surface area (Å²) in [6.07, 6.45) is -0.459. The number of benzene rings is 1. The van der Waals surface area contributed by atoms with Gasteiger partial charge in [0.05, 0.1) is 20.0 Å². The third-order valence-electron chi connectivity index (χ3n) is 4.72. The topological polar surface area (TPSA) is 112 Å². The molecule has 1 aromatic carbocycles. The molecule has 0 unspecified atom stereocenters. The molecule has 0 radical (unpaired) electrons. The van der Waals surface area contributed by atoms with E-state index in [1.54, 1.807) is 0 Å². The lowest BCUT2D eigenvalue weighted by atomic mass is 9.78. The van der Waals surface area contributed by atoms with Gasteiger partial charge in [-0.1, -0.05) is 53.7 Å². The second-order valence-electron chi connectivity index (χ2n) is 9.49. The molecule has 3 N–H and O–H groups in total. The van der Waals surface area contributed by atoms with Crippen molar-refractivity contribution in [2.24, 2.45) is 0 Å². The predicted octanol–water partition coefficient (Wildman–Crippen LogP) is 4.80. The van der Waals surface area contributed by atoms with E-state index in [0.717, 1.165) is 16.7 Å². The molecular weight excluding hydrogens is 379 g/mol. The summed E-state index contributed by atoms with van der Waals surface area (Å²) in [4.78, 5) is 22.0. The van der Waals surface area contributed by atoms with Crippen molar-refractivity contribution in [3.8, 4) is 5.75 Å². The van der Waals surface area contributed by atoms with Crippen LogP contribution in [0.3, 0.4) is 0 Å². The predicted molar refractivity (Wildman–Crippen MR) is 111 cm³/mol. The molecule has 158 valence electrons. The zero-order valence-electron chi connectivity index (χ0n) is 17.7. The summed E-state index contributed by atoms with van der Waals surface area (Å²) in [6.45, 7) is 11.9. The van der Waals surface area contributed by atoms with Crippen LogP contribution in [0.5, 0.6) is 5.75 Å². The molecule has 0 amide bonds. The van der Waals surface area contributed by atoms with Gasteiger partial charge in [-0.05, 0) is 27.5 Å². The van der Waals surface area contributed by atoms with Crippen molar-refractivity contribution in [2.45, 2.75) is 71.4 Å². The first-order valence-electron chi connectivity index (χ1n) is 9.43. The van der Waals surface area contributed by atoms with Crippen LogP contribution in [0.2, 0.25) is 0 Å². The summed E-state index contributed by atoms with van der Waals surface area (Å²) >= 11 is 0. The Balaban J connectivity index is 3.43. The lowest BCUT2D eigenvalue weighted by Gasteiger charge is -2.29. The van der Waals surface area contributed by atoms with Crippen LogP contribution >= 0.6 is 7.14 Å². The molecule has 1 aromatic rings. The highest BCUT2D eigenvalue weighted by Crippen LogP contribution is 2.51. The minimum absolute atomic E-state index is 0.0355. The van der Waals surface area contributed by atoms with Gasteiger partial charge in [-0.2, -0.15) is 0 Å². The average Bonchev–Trinajstić information content (AvgIpc) is 2.50. The van der Waals surface area contributed by atoms with Crippen LogP contribution in [0.15, 0.2) is 12.1 Å². The van der Waals surface area contributed by atoms with Crippen LogP contribution < -0.4 is 0 Å². The van der Waals surface area contributed by atoms with Crippen LogP contribution in [0, 0.1) is 0 Å². The molecule has 0 aliphatic rings. The third-order valence-corrected chi connectivity index (χ3v) is 7.74. The second-order valence-corrected chi connectivity index (χ2v) is 12.8. The van der Waals surface area contributed by atoms with Gasteiger partial charge < -0.3 is 19.9 Å². The molecule has 1 rings (SSSR count). The third kappa shape index (κ3) is 6.97. The van der Waals surface area contributed by atoms with Crippen molar-refractivity contribution in [3.05, 3.63) is 28.8 Å². The van der Waals surface area contributed by atoms with Crippen molar-refractivity contribution in [3.63, 3.8) is 0 Å². The standard InChI is InChI=1S/C21H33O6P/c1-20(2,3)15-11-14(12-16(19(15)26)21(4,5)6)13-28(27,9-7-17(22)23)10-8-18(24)25/h11-12,26H,7-10,13H2,1-6H3,(H,22,23)(H,24,25). The zero-order chi connectivity index (χ0) is 21.9. The van der Waals surface area contributed by atoms with Gasteiger partial charge in [0.25, 0.3) is 0 Å². The van der Waals surface area contributed by atoms with E-state index >= 15 is 0 Å². The van der Waals surface area contributed by atoms with Crippen LogP contribution in [-0.4, -0.2) is 39.6 Å². The number of carboxylic acids is 2. The van der Waals surface area contributed by atoms with Gasteiger partial charge in [-0.25, -0.2) is 0 Å². The molecule has 0 fully saturated rings. The number of phenols is 1. The molecule has 0 saturated carbocycles. The quantitative estimate of drug-likeness (QED) is 0.529. The van der Waals surface area contributed by atoms with E-state index in [1.165, 1.54) is 0 Å². The smallest absolute Gasteiger partial charge is 0.303 e.